The van der Waals surface area contributed by atoms with Crippen LogP contribution in [0.1, 0.15) is 0 Å². The Morgan fingerprint density at radius 3 is 2.85 bits per heavy atom. The molecule has 4 heteroatoms. The zero-order chi connectivity index (χ0) is 9.42. The zero-order valence-electron chi connectivity index (χ0n) is 7.19. The Hall–Kier alpha value is -1.84. The molecule has 0 aliphatic carbocycles. The number of aromatic nitrogens is 2. The summed E-state index contributed by atoms with van der Waals surface area (Å²) in [6.07, 6.45) is 0. The van der Waals surface area contributed by atoms with Crippen LogP contribution < -0.4 is 11.3 Å². The summed E-state index contributed by atoms with van der Waals surface area (Å²) in [6, 6.07) is 7.38. The van der Waals surface area contributed by atoms with Gasteiger partial charge in [-0.3, -0.25) is 4.79 Å². The standard InChI is InChI=1S/C9H9N3O/c1-12-7-5-3-2-4-6(7)11-8(10)9(12)13/h2-5H,1H3,(H2,10,11). The molecule has 0 aliphatic rings. The van der Waals surface area contributed by atoms with Gasteiger partial charge in [-0.25, -0.2) is 4.98 Å². The summed E-state index contributed by atoms with van der Waals surface area (Å²) < 4.78 is 1.50. The molecule has 0 fully saturated rings. The summed E-state index contributed by atoms with van der Waals surface area (Å²) in [7, 11) is 1.68. The molecule has 0 aliphatic heterocycles. The molecule has 66 valence electrons. The van der Waals surface area contributed by atoms with Crippen LogP contribution in [0.3, 0.4) is 0 Å². The molecule has 13 heavy (non-hydrogen) atoms. The van der Waals surface area contributed by atoms with Crippen molar-refractivity contribution in [1.29, 1.82) is 0 Å². The lowest BCUT2D eigenvalue weighted by Crippen LogP contribution is -2.21. The third-order valence-electron chi connectivity index (χ3n) is 2.01. The minimum Gasteiger partial charge on any atom is -0.379 e. The first kappa shape index (κ1) is 7.79. The number of para-hydroxylation sites is 2. The van der Waals surface area contributed by atoms with E-state index in [2.05, 4.69) is 4.98 Å². The number of hydrogen-bond donors (Lipinski definition) is 1. The third kappa shape index (κ3) is 1.07. The van der Waals surface area contributed by atoms with Crippen LogP contribution in [-0.4, -0.2) is 9.55 Å². The second-order valence-electron chi connectivity index (χ2n) is 2.85. The molecule has 0 amide bonds. The molecule has 2 N–H and O–H groups in total. The first-order chi connectivity index (χ1) is 6.20. The maximum Gasteiger partial charge on any atom is 0.293 e. The summed E-state index contributed by atoms with van der Waals surface area (Å²) >= 11 is 0. The average Bonchev–Trinajstić information content (AvgIpc) is 2.15. The first-order valence-electron chi connectivity index (χ1n) is 3.91. The van der Waals surface area contributed by atoms with E-state index in [-0.39, 0.29) is 11.4 Å². The molecular formula is C9H9N3O. The molecule has 0 saturated carbocycles. The highest BCUT2D eigenvalue weighted by atomic mass is 16.1. The number of nitrogens with zero attached hydrogens (tertiary/aromatic N) is 2. The molecule has 1 heterocycles. The van der Waals surface area contributed by atoms with E-state index >= 15 is 0 Å². The number of fused-ring (bicyclic) bond motifs is 1. The minimum absolute atomic E-state index is 0.0428. The zero-order valence-corrected chi connectivity index (χ0v) is 7.19. The summed E-state index contributed by atoms with van der Waals surface area (Å²) in [5.74, 6) is 0.0428. The van der Waals surface area contributed by atoms with Crippen molar-refractivity contribution >= 4 is 16.9 Å². The smallest absolute Gasteiger partial charge is 0.293 e. The Morgan fingerprint density at radius 2 is 2.08 bits per heavy atom. The highest BCUT2D eigenvalue weighted by molar-refractivity contribution is 5.75. The van der Waals surface area contributed by atoms with Gasteiger partial charge in [-0.2, -0.15) is 0 Å². The van der Waals surface area contributed by atoms with Crippen molar-refractivity contribution in [3.05, 3.63) is 34.6 Å². The van der Waals surface area contributed by atoms with Crippen LogP contribution in [-0.2, 0) is 7.05 Å². The number of anilines is 1. The van der Waals surface area contributed by atoms with Gasteiger partial charge in [-0.15, -0.1) is 0 Å². The van der Waals surface area contributed by atoms with Crippen molar-refractivity contribution in [2.45, 2.75) is 0 Å². The molecule has 0 unspecified atom stereocenters. The second kappa shape index (κ2) is 2.58. The molecule has 2 aromatic rings. The van der Waals surface area contributed by atoms with E-state index in [9.17, 15) is 4.79 Å². The SMILES string of the molecule is Cn1c(=O)c(N)nc2ccccc21. The number of nitrogens with two attached hydrogens (primary N) is 1. The van der Waals surface area contributed by atoms with Gasteiger partial charge in [-0.05, 0) is 12.1 Å². The second-order valence-corrected chi connectivity index (χ2v) is 2.85. The van der Waals surface area contributed by atoms with E-state index in [4.69, 9.17) is 5.73 Å². The fourth-order valence-corrected chi connectivity index (χ4v) is 1.30. The minimum atomic E-state index is -0.251. The van der Waals surface area contributed by atoms with Crippen LogP contribution in [0.5, 0.6) is 0 Å². The van der Waals surface area contributed by atoms with E-state index < -0.39 is 0 Å². The maximum absolute atomic E-state index is 11.4. The molecule has 0 spiro atoms. The summed E-state index contributed by atoms with van der Waals surface area (Å²) in [4.78, 5) is 15.3. The van der Waals surface area contributed by atoms with E-state index in [0.717, 1.165) is 11.0 Å². The Balaban J connectivity index is 3.02. The summed E-state index contributed by atoms with van der Waals surface area (Å²) in [6.45, 7) is 0. The Labute approximate surface area is 74.6 Å². The fourth-order valence-electron chi connectivity index (χ4n) is 1.30. The molecule has 1 aromatic heterocycles. The molecule has 2 rings (SSSR count). The quantitative estimate of drug-likeness (QED) is 0.634. The van der Waals surface area contributed by atoms with Crippen molar-refractivity contribution in [1.82, 2.24) is 9.55 Å². The van der Waals surface area contributed by atoms with Gasteiger partial charge in [0.05, 0.1) is 11.0 Å². The molecule has 1 aromatic carbocycles. The van der Waals surface area contributed by atoms with Crippen molar-refractivity contribution in [2.75, 3.05) is 5.73 Å². The first-order valence-corrected chi connectivity index (χ1v) is 3.91. The van der Waals surface area contributed by atoms with Crippen LogP contribution in [0.2, 0.25) is 0 Å². The molecular weight excluding hydrogens is 166 g/mol. The van der Waals surface area contributed by atoms with Crippen LogP contribution in [0.4, 0.5) is 5.82 Å². The number of rotatable bonds is 0. The number of benzene rings is 1. The van der Waals surface area contributed by atoms with Gasteiger partial charge in [0.15, 0.2) is 5.82 Å². The lowest BCUT2D eigenvalue weighted by molar-refractivity contribution is 0.897. The number of aryl methyl sites for hydroxylation is 1. The predicted molar refractivity (Wildman–Crippen MR) is 51.4 cm³/mol. The van der Waals surface area contributed by atoms with Crippen molar-refractivity contribution in [3.8, 4) is 0 Å². The third-order valence-corrected chi connectivity index (χ3v) is 2.01. The number of nitrogen functional groups attached to an aromatic ring is 1. The molecule has 0 atom stereocenters. The highest BCUT2D eigenvalue weighted by Gasteiger charge is 2.03. The van der Waals surface area contributed by atoms with Crippen molar-refractivity contribution in [3.63, 3.8) is 0 Å². The van der Waals surface area contributed by atoms with E-state index in [1.807, 2.05) is 24.3 Å². The normalized spacial score (nSPS) is 10.5. The van der Waals surface area contributed by atoms with Gasteiger partial charge in [-0.1, -0.05) is 12.1 Å². The lowest BCUT2D eigenvalue weighted by atomic mass is 10.3. The number of hydrogen-bond acceptors (Lipinski definition) is 3. The monoisotopic (exact) mass is 175 g/mol. The van der Waals surface area contributed by atoms with Crippen LogP contribution in [0.15, 0.2) is 29.1 Å². The molecule has 0 bridgehead atoms. The Kier molecular flexibility index (Phi) is 1.55. The van der Waals surface area contributed by atoms with Gasteiger partial charge in [0, 0.05) is 7.05 Å². The van der Waals surface area contributed by atoms with Gasteiger partial charge >= 0.3 is 0 Å². The highest BCUT2D eigenvalue weighted by Crippen LogP contribution is 2.08. The van der Waals surface area contributed by atoms with Crippen LogP contribution in [0.25, 0.3) is 11.0 Å². The van der Waals surface area contributed by atoms with E-state index in [1.165, 1.54) is 4.57 Å². The summed E-state index contributed by atoms with van der Waals surface area (Å²) in [5.41, 5.74) is 6.72. The Bertz CT molecular complexity index is 516. The molecule has 0 radical (unpaired) electrons. The van der Waals surface area contributed by atoms with Crippen LogP contribution in [0, 0.1) is 0 Å². The maximum atomic E-state index is 11.4. The van der Waals surface area contributed by atoms with Gasteiger partial charge in [0.1, 0.15) is 0 Å². The van der Waals surface area contributed by atoms with Gasteiger partial charge < -0.3 is 10.3 Å². The predicted octanol–water partition coefficient (Wildman–Crippen LogP) is 0.516. The summed E-state index contributed by atoms with van der Waals surface area (Å²) in [5, 5.41) is 0. The van der Waals surface area contributed by atoms with Crippen molar-refractivity contribution < 1.29 is 0 Å². The van der Waals surface area contributed by atoms with E-state index in [1.54, 1.807) is 7.05 Å². The van der Waals surface area contributed by atoms with Gasteiger partial charge in [0.25, 0.3) is 5.56 Å². The largest absolute Gasteiger partial charge is 0.379 e. The molecule has 0 saturated heterocycles. The van der Waals surface area contributed by atoms with Crippen molar-refractivity contribution in [2.24, 2.45) is 7.05 Å². The lowest BCUT2D eigenvalue weighted by Gasteiger charge is -2.03. The topological polar surface area (TPSA) is 60.9 Å². The average molecular weight is 175 g/mol. The molecule has 4 nitrogen and oxygen atoms in total. The Morgan fingerprint density at radius 1 is 1.38 bits per heavy atom. The fraction of sp³-hybridized carbons (Fsp3) is 0.111. The van der Waals surface area contributed by atoms with E-state index in [0.29, 0.717) is 0 Å². The van der Waals surface area contributed by atoms with Crippen LogP contribution >= 0.6 is 0 Å². The van der Waals surface area contributed by atoms with Gasteiger partial charge in [0.2, 0.25) is 0 Å².